The number of nitrogens with zero attached hydrogens (tertiary/aromatic N) is 12. The molecule has 101 heavy (non-hydrogen) atoms. The highest BCUT2D eigenvalue weighted by molar-refractivity contribution is 5.67. The van der Waals surface area contributed by atoms with E-state index in [4.69, 9.17) is 77.5 Å². The number of nitrogens with two attached hydrogens (primary N) is 6. The summed E-state index contributed by atoms with van der Waals surface area (Å²) in [5.74, 6) is 5.28. The Kier molecular flexibility index (Phi) is 22.4. The summed E-state index contributed by atoms with van der Waals surface area (Å²) in [4.78, 5) is 46.6. The number of anilines is 6. The van der Waals surface area contributed by atoms with Crippen molar-refractivity contribution in [2.75, 3.05) is 102 Å². The minimum Gasteiger partial charge on any atom is -0.489 e. The molecular weight excluding hydrogens is 1280 g/mol. The van der Waals surface area contributed by atoms with E-state index in [-0.39, 0.29) is 55.1 Å². The first-order chi connectivity index (χ1) is 48.8. The van der Waals surface area contributed by atoms with Gasteiger partial charge in [0.1, 0.15) is 19.8 Å². The van der Waals surface area contributed by atoms with Crippen LogP contribution in [0.25, 0.3) is 33.8 Å². The van der Waals surface area contributed by atoms with E-state index in [2.05, 4.69) is 128 Å². The van der Waals surface area contributed by atoms with Gasteiger partial charge in [0.2, 0.25) is 0 Å². The predicted molar refractivity (Wildman–Crippen MR) is 392 cm³/mol. The molecule has 25 heteroatoms. The average Bonchev–Trinajstić information content (AvgIpc) is 1.67. The molecule has 25 nitrogen and oxygen atoms in total. The molecule has 2 fully saturated rings. The summed E-state index contributed by atoms with van der Waals surface area (Å²) in [7, 11) is 6.47. The molecule has 530 valence electrons. The molecule has 0 atom stereocenters. The third kappa shape index (κ3) is 17.7. The van der Waals surface area contributed by atoms with E-state index in [0.717, 1.165) is 135 Å². The Morgan fingerprint density at radius 1 is 0.436 bits per heavy atom. The van der Waals surface area contributed by atoms with Crippen LogP contribution in [0.5, 0.6) is 34.9 Å². The van der Waals surface area contributed by atoms with Crippen LogP contribution in [0.1, 0.15) is 106 Å². The summed E-state index contributed by atoms with van der Waals surface area (Å²) in [5.41, 5.74) is 56.2. The largest absolute Gasteiger partial charge is 0.489 e. The SMILES string of the molecule is Cc1cc(-c2cnc(N)c(OCc3ccnc(N)c3OC(C)C)n2)cc2c1CN(C)CC2.Cc1cc(-c2cnc(N)c(OCc3ccnc(N)c3OCC3CC3)n2)cc2c1CN(C)CC2.Cc1cc(-c2cnc(N)c(OCc3ccnc(N)c3OCC3CCOCC3)n2)cc2c1CN(C)CC2. The van der Waals surface area contributed by atoms with Crippen LogP contribution >= 0.6 is 0 Å². The lowest BCUT2D eigenvalue weighted by molar-refractivity contribution is 0.0495. The fourth-order valence-corrected chi connectivity index (χ4v) is 12.9. The number of hydrogen-bond acceptors (Lipinski definition) is 25. The van der Waals surface area contributed by atoms with Gasteiger partial charge in [-0.2, -0.15) is 0 Å². The molecule has 10 heterocycles. The van der Waals surface area contributed by atoms with Gasteiger partial charge in [0.15, 0.2) is 52.2 Å². The second kappa shape index (κ2) is 32.0. The van der Waals surface area contributed by atoms with Crippen LogP contribution in [-0.2, 0) is 63.5 Å². The zero-order valence-corrected chi connectivity index (χ0v) is 59.2. The second-order valence-corrected chi connectivity index (χ2v) is 27.3. The standard InChI is InChI=1S/C27H34N6O3.C25H30N6O2.C24H30N6O2/c1-17-11-21(12-19-4-8-33(2)14-22(17)19)23-13-31-26(29)27(32-23)36-16-20-3-7-30-25(28)24(20)35-15-18-5-9-34-10-6-18;1-15-9-19(10-17-6-8-31(2)12-20(15)17)21-11-29-24(27)25(30-21)33-14-18-5-7-28-23(26)22(18)32-13-16-3-4-16;1-14(2)32-21-17(5-7-27-22(21)25)13-31-24-23(26)28-11-20(29-24)18-9-15(3)19-12-30(4)8-6-16(19)10-18/h3,7,11-13,18H,4-6,8-10,14-16H2,1-2H3,(H2,28,30)(H2,29,31);5,7,9-11,16H,3-4,6,8,12-14H2,1-2H3,(H2,26,28)(H2,27,29);5,7,9-11,14H,6,8,12-13H2,1-4H3,(H2,25,27)(H2,26,28). The summed E-state index contributed by atoms with van der Waals surface area (Å²) in [5, 5.41) is 0. The van der Waals surface area contributed by atoms with Crippen molar-refractivity contribution in [2.45, 2.75) is 125 Å². The van der Waals surface area contributed by atoms with E-state index < -0.39 is 0 Å². The maximum Gasteiger partial charge on any atom is 0.258 e. The Hall–Kier alpha value is -10.2. The number of benzene rings is 3. The third-order valence-electron chi connectivity index (χ3n) is 18.9. The van der Waals surface area contributed by atoms with Gasteiger partial charge in [0.25, 0.3) is 17.6 Å². The second-order valence-electron chi connectivity index (χ2n) is 27.3. The minimum atomic E-state index is -0.0412. The summed E-state index contributed by atoms with van der Waals surface area (Å²) in [6.45, 7) is 19.7. The normalized spacial score (nSPS) is 15.4. The van der Waals surface area contributed by atoms with Gasteiger partial charge in [0, 0.05) is 104 Å². The highest BCUT2D eigenvalue weighted by atomic mass is 16.5. The lowest BCUT2D eigenvalue weighted by Crippen LogP contribution is -2.27. The lowest BCUT2D eigenvalue weighted by Gasteiger charge is -2.27. The van der Waals surface area contributed by atoms with Gasteiger partial charge in [-0.1, -0.05) is 0 Å². The molecule has 4 aliphatic heterocycles. The van der Waals surface area contributed by atoms with Crippen molar-refractivity contribution < 1.29 is 33.2 Å². The molecule has 0 unspecified atom stereocenters. The number of nitrogen functional groups attached to an aromatic ring is 6. The number of aromatic nitrogens is 9. The van der Waals surface area contributed by atoms with E-state index in [1.54, 1.807) is 37.2 Å². The van der Waals surface area contributed by atoms with Crippen molar-refractivity contribution in [3.05, 3.63) is 159 Å². The Morgan fingerprint density at radius 3 is 1.12 bits per heavy atom. The molecule has 0 spiro atoms. The van der Waals surface area contributed by atoms with Crippen molar-refractivity contribution in [3.8, 4) is 68.7 Å². The van der Waals surface area contributed by atoms with Gasteiger partial charge in [0.05, 0.1) is 55.0 Å². The topological polar surface area (TPSA) is 346 Å². The molecule has 0 bridgehead atoms. The Labute approximate surface area is 590 Å². The Bertz CT molecular complexity index is 4420. The highest BCUT2D eigenvalue weighted by Gasteiger charge is 2.26. The number of fused-ring (bicyclic) bond motifs is 3. The van der Waals surface area contributed by atoms with Crippen LogP contribution in [-0.4, -0.2) is 133 Å². The average molecular weight is 1370 g/mol. The summed E-state index contributed by atoms with van der Waals surface area (Å²) in [6.07, 6.45) is 17.4. The van der Waals surface area contributed by atoms with E-state index >= 15 is 0 Å². The zero-order valence-electron chi connectivity index (χ0n) is 59.2. The molecule has 1 saturated heterocycles. The smallest absolute Gasteiger partial charge is 0.258 e. The van der Waals surface area contributed by atoms with Crippen LogP contribution in [0.3, 0.4) is 0 Å². The number of hydrogen-bond donors (Lipinski definition) is 6. The molecule has 1 aliphatic carbocycles. The van der Waals surface area contributed by atoms with Crippen LogP contribution < -0.4 is 62.8 Å². The maximum atomic E-state index is 6.14. The number of ether oxygens (including phenoxy) is 7. The summed E-state index contributed by atoms with van der Waals surface area (Å²) in [6, 6.07) is 18.6. The fourth-order valence-electron chi connectivity index (χ4n) is 12.9. The van der Waals surface area contributed by atoms with E-state index in [1.165, 1.54) is 62.9 Å². The molecular formula is C76H94N18O7. The van der Waals surface area contributed by atoms with Gasteiger partial charge in [-0.05, 0) is 217 Å². The van der Waals surface area contributed by atoms with Crippen molar-refractivity contribution in [3.63, 3.8) is 0 Å². The van der Waals surface area contributed by atoms with Crippen LogP contribution in [0.2, 0.25) is 0 Å². The minimum absolute atomic E-state index is 0.0412. The zero-order chi connectivity index (χ0) is 70.8. The third-order valence-corrected chi connectivity index (χ3v) is 18.9. The van der Waals surface area contributed by atoms with Gasteiger partial charge < -0.3 is 82.3 Å². The molecule has 12 N–H and O–H groups in total. The molecule has 0 radical (unpaired) electrons. The van der Waals surface area contributed by atoms with E-state index in [1.807, 2.05) is 32.0 Å². The van der Waals surface area contributed by atoms with Crippen molar-refractivity contribution in [2.24, 2.45) is 11.8 Å². The Morgan fingerprint density at radius 2 is 0.772 bits per heavy atom. The van der Waals surface area contributed by atoms with Crippen LogP contribution in [0, 0.1) is 32.6 Å². The van der Waals surface area contributed by atoms with E-state index in [9.17, 15) is 0 Å². The number of likely N-dealkylation sites (N-methyl/N-ethyl adjacent to an activating group) is 3. The van der Waals surface area contributed by atoms with Crippen molar-refractivity contribution in [1.82, 2.24) is 59.6 Å². The van der Waals surface area contributed by atoms with Gasteiger partial charge >= 0.3 is 0 Å². The van der Waals surface area contributed by atoms with Crippen LogP contribution in [0.4, 0.5) is 34.9 Å². The summed E-state index contributed by atoms with van der Waals surface area (Å²) >= 11 is 0. The number of pyridine rings is 3. The van der Waals surface area contributed by atoms with Crippen LogP contribution in [0.15, 0.2) is 91.8 Å². The number of rotatable bonds is 20. The molecule has 3 aromatic carbocycles. The molecule has 9 aromatic rings. The van der Waals surface area contributed by atoms with E-state index in [0.29, 0.717) is 65.6 Å². The van der Waals surface area contributed by atoms with Gasteiger partial charge in [-0.3, -0.25) is 0 Å². The highest BCUT2D eigenvalue weighted by Crippen LogP contribution is 2.37. The molecule has 14 rings (SSSR count). The van der Waals surface area contributed by atoms with Gasteiger partial charge in [-0.15, -0.1) is 0 Å². The molecule has 5 aliphatic rings. The molecule has 0 amide bonds. The molecule has 1 saturated carbocycles. The number of aryl methyl sites for hydroxylation is 3. The quantitative estimate of drug-likeness (QED) is 0.0413. The first kappa shape index (κ1) is 70.6. The Balaban J connectivity index is 0.000000144. The molecule has 6 aromatic heterocycles. The first-order valence-electron chi connectivity index (χ1n) is 34.7. The monoisotopic (exact) mass is 1370 g/mol. The maximum absolute atomic E-state index is 6.14. The fraction of sp³-hybridized carbons (Fsp3) is 0.408. The lowest BCUT2D eigenvalue weighted by atomic mass is 9.92. The first-order valence-corrected chi connectivity index (χ1v) is 34.7. The van der Waals surface area contributed by atoms with Crippen molar-refractivity contribution >= 4 is 34.9 Å². The predicted octanol–water partition coefficient (Wildman–Crippen LogP) is 10.1. The van der Waals surface area contributed by atoms with Crippen molar-refractivity contribution in [1.29, 1.82) is 0 Å². The summed E-state index contributed by atoms with van der Waals surface area (Å²) < 4.78 is 41.3. The van der Waals surface area contributed by atoms with Gasteiger partial charge in [-0.25, -0.2) is 44.9 Å².